The molecule has 0 spiro atoms. The minimum atomic E-state index is -0.627. The summed E-state index contributed by atoms with van der Waals surface area (Å²) in [6.07, 6.45) is 7.22. The topological polar surface area (TPSA) is 51.2 Å². The average molecular weight is 407 g/mol. The van der Waals surface area contributed by atoms with Gasteiger partial charge >= 0.3 is 0 Å². The van der Waals surface area contributed by atoms with E-state index < -0.39 is 5.41 Å². The maximum atomic E-state index is 13.2. The Morgan fingerprint density at radius 2 is 2.00 bits per heavy atom. The van der Waals surface area contributed by atoms with Crippen molar-refractivity contribution in [2.75, 3.05) is 11.9 Å². The summed E-state index contributed by atoms with van der Waals surface area (Å²) in [6.45, 7) is 2.76. The average Bonchev–Trinajstić information content (AvgIpc) is 3.14. The SMILES string of the molecule is CCCCOc1ccc(NC(=O)C2(c3ccc(Cl)cc3Cl)CCCC2)cn1. The fourth-order valence-corrected chi connectivity index (χ4v) is 4.18. The van der Waals surface area contributed by atoms with Crippen molar-refractivity contribution in [2.45, 2.75) is 50.9 Å². The molecule has 0 unspecified atom stereocenters. The van der Waals surface area contributed by atoms with E-state index in [4.69, 9.17) is 27.9 Å². The van der Waals surface area contributed by atoms with Gasteiger partial charge < -0.3 is 10.1 Å². The number of rotatable bonds is 7. The third-order valence-corrected chi connectivity index (χ3v) is 5.63. The van der Waals surface area contributed by atoms with Gasteiger partial charge in [-0.2, -0.15) is 0 Å². The van der Waals surface area contributed by atoms with Gasteiger partial charge in [0.2, 0.25) is 11.8 Å². The van der Waals surface area contributed by atoms with Gasteiger partial charge in [0.25, 0.3) is 0 Å². The fraction of sp³-hybridized carbons (Fsp3) is 0.429. The van der Waals surface area contributed by atoms with Crippen molar-refractivity contribution in [2.24, 2.45) is 0 Å². The van der Waals surface area contributed by atoms with Crippen molar-refractivity contribution in [3.63, 3.8) is 0 Å². The molecule has 27 heavy (non-hydrogen) atoms. The van der Waals surface area contributed by atoms with Crippen LogP contribution in [0.4, 0.5) is 5.69 Å². The summed E-state index contributed by atoms with van der Waals surface area (Å²) in [5.41, 5.74) is 0.869. The van der Waals surface area contributed by atoms with Crippen LogP contribution in [0.1, 0.15) is 51.0 Å². The molecule has 3 rings (SSSR count). The third kappa shape index (κ3) is 4.56. The van der Waals surface area contributed by atoms with E-state index in [9.17, 15) is 4.79 Å². The highest BCUT2D eigenvalue weighted by atomic mass is 35.5. The molecule has 2 aromatic rings. The molecule has 0 aliphatic heterocycles. The summed E-state index contributed by atoms with van der Waals surface area (Å²) >= 11 is 12.5. The molecular weight excluding hydrogens is 383 g/mol. The molecule has 1 aliphatic carbocycles. The summed E-state index contributed by atoms with van der Waals surface area (Å²) < 4.78 is 5.57. The summed E-state index contributed by atoms with van der Waals surface area (Å²) in [6, 6.07) is 8.97. The molecular formula is C21H24Cl2N2O2. The van der Waals surface area contributed by atoms with Crippen LogP contribution in [0.15, 0.2) is 36.5 Å². The van der Waals surface area contributed by atoms with Crippen LogP contribution in [0, 0.1) is 0 Å². The molecule has 0 atom stereocenters. The number of anilines is 1. The standard InChI is InChI=1S/C21H24Cl2N2O2/c1-2-3-12-27-19-9-7-16(14-24-19)25-20(26)21(10-4-5-11-21)17-8-6-15(22)13-18(17)23/h6-9,13-14H,2-5,10-12H2,1H3,(H,25,26). The van der Waals surface area contributed by atoms with E-state index in [0.717, 1.165) is 44.1 Å². The fourth-order valence-electron chi connectivity index (χ4n) is 3.59. The number of hydrogen-bond acceptors (Lipinski definition) is 3. The van der Waals surface area contributed by atoms with Gasteiger partial charge in [-0.25, -0.2) is 4.98 Å². The second kappa shape index (κ2) is 8.94. The summed E-state index contributed by atoms with van der Waals surface area (Å²) in [7, 11) is 0. The molecule has 1 aromatic heterocycles. The van der Waals surface area contributed by atoms with Crippen LogP contribution in [-0.4, -0.2) is 17.5 Å². The number of unbranched alkanes of at least 4 members (excludes halogenated alkanes) is 1. The van der Waals surface area contributed by atoms with Gasteiger partial charge in [-0.1, -0.05) is 55.5 Å². The van der Waals surface area contributed by atoms with Crippen LogP contribution in [0.2, 0.25) is 10.0 Å². The number of halogens is 2. The van der Waals surface area contributed by atoms with Crippen molar-refractivity contribution in [1.82, 2.24) is 4.98 Å². The molecule has 1 aliphatic rings. The Morgan fingerprint density at radius 1 is 1.22 bits per heavy atom. The van der Waals surface area contributed by atoms with Gasteiger partial charge in [0.05, 0.1) is 23.9 Å². The number of nitrogens with zero attached hydrogens (tertiary/aromatic N) is 1. The Bertz CT molecular complexity index is 787. The Labute approximate surface area is 170 Å². The summed E-state index contributed by atoms with van der Waals surface area (Å²) in [4.78, 5) is 17.5. The lowest BCUT2D eigenvalue weighted by atomic mass is 9.78. The van der Waals surface area contributed by atoms with Crippen LogP contribution in [0.25, 0.3) is 0 Å². The Kier molecular flexibility index (Phi) is 6.61. The van der Waals surface area contributed by atoms with Gasteiger partial charge in [0.1, 0.15) is 0 Å². The Balaban J connectivity index is 1.76. The second-order valence-electron chi connectivity index (χ2n) is 6.95. The van der Waals surface area contributed by atoms with E-state index in [0.29, 0.717) is 28.2 Å². The summed E-state index contributed by atoms with van der Waals surface area (Å²) in [5, 5.41) is 4.12. The highest BCUT2D eigenvalue weighted by Gasteiger charge is 2.44. The van der Waals surface area contributed by atoms with Crippen molar-refractivity contribution in [3.05, 3.63) is 52.1 Å². The van der Waals surface area contributed by atoms with Crippen molar-refractivity contribution in [3.8, 4) is 5.88 Å². The number of pyridine rings is 1. The third-order valence-electron chi connectivity index (χ3n) is 5.08. The minimum Gasteiger partial charge on any atom is -0.478 e. The zero-order valence-corrected chi connectivity index (χ0v) is 16.9. The van der Waals surface area contributed by atoms with Crippen LogP contribution in [-0.2, 0) is 10.2 Å². The predicted molar refractivity (Wildman–Crippen MR) is 110 cm³/mol. The molecule has 1 fully saturated rings. The number of benzene rings is 1. The van der Waals surface area contributed by atoms with E-state index in [1.54, 1.807) is 24.4 Å². The molecule has 6 heteroatoms. The van der Waals surface area contributed by atoms with E-state index >= 15 is 0 Å². The first-order valence-electron chi connectivity index (χ1n) is 9.41. The molecule has 4 nitrogen and oxygen atoms in total. The van der Waals surface area contributed by atoms with Crippen molar-refractivity contribution >= 4 is 34.8 Å². The van der Waals surface area contributed by atoms with Crippen LogP contribution in [0.3, 0.4) is 0 Å². The second-order valence-corrected chi connectivity index (χ2v) is 7.80. The largest absolute Gasteiger partial charge is 0.478 e. The maximum Gasteiger partial charge on any atom is 0.235 e. The first kappa shape index (κ1) is 20.0. The lowest BCUT2D eigenvalue weighted by molar-refractivity contribution is -0.121. The molecule has 144 valence electrons. The number of hydrogen-bond donors (Lipinski definition) is 1. The van der Waals surface area contributed by atoms with Crippen LogP contribution < -0.4 is 10.1 Å². The predicted octanol–water partition coefficient (Wildman–Crippen LogP) is 6.02. The van der Waals surface area contributed by atoms with Crippen molar-refractivity contribution in [1.29, 1.82) is 0 Å². The number of aromatic nitrogens is 1. The monoisotopic (exact) mass is 406 g/mol. The van der Waals surface area contributed by atoms with Crippen LogP contribution >= 0.6 is 23.2 Å². The number of amides is 1. The normalized spacial score (nSPS) is 15.5. The molecule has 0 bridgehead atoms. The van der Waals surface area contributed by atoms with Gasteiger partial charge in [-0.15, -0.1) is 0 Å². The smallest absolute Gasteiger partial charge is 0.235 e. The number of ether oxygens (including phenoxy) is 1. The molecule has 1 aromatic carbocycles. The maximum absolute atomic E-state index is 13.2. The summed E-state index contributed by atoms with van der Waals surface area (Å²) in [5.74, 6) is 0.517. The van der Waals surface area contributed by atoms with Gasteiger partial charge in [-0.05, 0) is 43.0 Å². The number of carbonyl (C=O) groups excluding carboxylic acids is 1. The highest BCUT2D eigenvalue weighted by molar-refractivity contribution is 6.35. The highest BCUT2D eigenvalue weighted by Crippen LogP contribution is 2.45. The lowest BCUT2D eigenvalue weighted by Gasteiger charge is -2.29. The van der Waals surface area contributed by atoms with Crippen molar-refractivity contribution < 1.29 is 9.53 Å². The van der Waals surface area contributed by atoms with E-state index in [1.165, 1.54) is 0 Å². The molecule has 0 radical (unpaired) electrons. The first-order chi connectivity index (χ1) is 13.0. The Hall–Kier alpha value is -1.78. The van der Waals surface area contributed by atoms with E-state index in [2.05, 4.69) is 17.2 Å². The number of nitrogens with one attached hydrogen (secondary N) is 1. The van der Waals surface area contributed by atoms with Gasteiger partial charge in [0, 0.05) is 16.1 Å². The zero-order valence-electron chi connectivity index (χ0n) is 15.4. The molecule has 1 N–H and O–H groups in total. The lowest BCUT2D eigenvalue weighted by Crippen LogP contribution is -2.38. The first-order valence-corrected chi connectivity index (χ1v) is 10.2. The number of carbonyl (C=O) groups is 1. The van der Waals surface area contributed by atoms with Crippen LogP contribution in [0.5, 0.6) is 5.88 Å². The molecule has 1 amide bonds. The zero-order chi connectivity index (χ0) is 19.3. The van der Waals surface area contributed by atoms with Gasteiger partial charge in [0.15, 0.2) is 0 Å². The minimum absolute atomic E-state index is 0.0503. The van der Waals surface area contributed by atoms with E-state index in [1.807, 2.05) is 12.1 Å². The molecule has 1 saturated carbocycles. The quantitative estimate of drug-likeness (QED) is 0.571. The molecule has 1 heterocycles. The molecule has 0 saturated heterocycles. The Morgan fingerprint density at radius 3 is 2.63 bits per heavy atom. The van der Waals surface area contributed by atoms with E-state index in [-0.39, 0.29) is 5.91 Å². The van der Waals surface area contributed by atoms with Gasteiger partial charge in [-0.3, -0.25) is 4.79 Å².